The highest BCUT2D eigenvalue weighted by Gasteiger charge is 2.48. The Balaban J connectivity index is 0.661. The predicted molar refractivity (Wildman–Crippen MR) is 224 cm³/mol. The van der Waals surface area contributed by atoms with Crippen molar-refractivity contribution in [3.8, 4) is 11.8 Å². The van der Waals surface area contributed by atoms with Crippen LogP contribution < -0.4 is 25.2 Å². The van der Waals surface area contributed by atoms with E-state index in [-0.39, 0.29) is 42.4 Å². The van der Waals surface area contributed by atoms with Crippen molar-refractivity contribution in [3.05, 3.63) is 75.9 Å². The normalized spacial score (nSPS) is 32.0. The van der Waals surface area contributed by atoms with Gasteiger partial charge in [0.25, 0.3) is 5.91 Å². The summed E-state index contributed by atoms with van der Waals surface area (Å²) >= 11 is 6.16. The molecule has 17 heteroatoms. The molecule has 62 heavy (non-hydrogen) atoms. The lowest BCUT2D eigenvalue weighted by Gasteiger charge is -2.34. The highest BCUT2D eigenvalue weighted by molar-refractivity contribution is 6.31. The molecule has 5 aliphatic heterocycles. The van der Waals surface area contributed by atoms with Gasteiger partial charge in [0.05, 0.1) is 40.8 Å². The van der Waals surface area contributed by atoms with Gasteiger partial charge in [-0.05, 0) is 98.8 Å². The van der Waals surface area contributed by atoms with Crippen LogP contribution in [0.2, 0.25) is 5.02 Å². The first-order valence-corrected chi connectivity index (χ1v) is 22.4. The second kappa shape index (κ2) is 16.7. The number of hydrogen-bond acceptors (Lipinski definition) is 13. The van der Waals surface area contributed by atoms with Crippen LogP contribution in [0.4, 0.5) is 15.9 Å². The number of anilines is 2. The molecular formula is C45H51ClFN9O6. The van der Waals surface area contributed by atoms with E-state index in [1.807, 2.05) is 0 Å². The highest BCUT2D eigenvalue weighted by Crippen LogP contribution is 2.47. The molecule has 2 aromatic carbocycles. The van der Waals surface area contributed by atoms with Crippen LogP contribution in [-0.2, 0) is 9.59 Å². The molecule has 2 saturated carbocycles. The van der Waals surface area contributed by atoms with Gasteiger partial charge in [-0.25, -0.2) is 19.3 Å². The van der Waals surface area contributed by atoms with Crippen LogP contribution in [-0.4, -0.2) is 112 Å². The van der Waals surface area contributed by atoms with Gasteiger partial charge < -0.3 is 35.0 Å². The largest absolute Gasteiger partial charge is 0.490 e. The molecule has 0 radical (unpaired) electrons. The van der Waals surface area contributed by atoms with E-state index in [9.17, 15) is 24.6 Å². The molecule has 7 aliphatic rings. The number of amides is 3. The number of hydrogen-bond donors (Lipinski definition) is 4. The summed E-state index contributed by atoms with van der Waals surface area (Å²) in [6, 6.07) is 9.20. The number of aromatic nitrogens is 2. The Morgan fingerprint density at radius 2 is 1.60 bits per heavy atom. The van der Waals surface area contributed by atoms with Crippen LogP contribution in [0.3, 0.4) is 0 Å². The number of rotatable bonds is 9. The van der Waals surface area contributed by atoms with Gasteiger partial charge in [0.2, 0.25) is 11.8 Å². The Morgan fingerprint density at radius 1 is 0.903 bits per heavy atom. The first-order chi connectivity index (χ1) is 30.0. The molecule has 2 aliphatic carbocycles. The summed E-state index contributed by atoms with van der Waals surface area (Å²) < 4.78 is 21.7. The van der Waals surface area contributed by atoms with E-state index in [0.717, 1.165) is 64.2 Å². The van der Waals surface area contributed by atoms with E-state index in [1.54, 1.807) is 36.7 Å². The minimum absolute atomic E-state index is 0.0190. The van der Waals surface area contributed by atoms with Crippen LogP contribution in [0.5, 0.6) is 5.75 Å². The Kier molecular flexibility index (Phi) is 11.0. The average molecular weight is 868 g/mol. The number of halogens is 2. The number of nitriles is 1. The fourth-order valence-corrected chi connectivity index (χ4v) is 11.9. The van der Waals surface area contributed by atoms with Crippen molar-refractivity contribution in [1.82, 2.24) is 30.4 Å². The fraction of sp³-hybridized carbons (Fsp3) is 0.556. The average Bonchev–Trinajstić information content (AvgIpc) is 4.06. The summed E-state index contributed by atoms with van der Waals surface area (Å²) in [7, 11) is 0. The molecule has 15 nitrogen and oxygen atoms in total. The van der Waals surface area contributed by atoms with Crippen molar-refractivity contribution < 1.29 is 33.7 Å². The number of imide groups is 1. The third-order valence-electron chi connectivity index (χ3n) is 14.7. The zero-order chi connectivity index (χ0) is 42.8. The molecule has 3 amide bonds. The third-order valence-corrected chi connectivity index (χ3v) is 15.0. The van der Waals surface area contributed by atoms with Gasteiger partial charge in [0.1, 0.15) is 41.6 Å². The number of fused-ring (bicyclic) bond motifs is 3. The summed E-state index contributed by atoms with van der Waals surface area (Å²) in [5.41, 5.74) is 1.77. The van der Waals surface area contributed by atoms with Gasteiger partial charge in [-0.2, -0.15) is 5.26 Å². The van der Waals surface area contributed by atoms with Gasteiger partial charge in [0, 0.05) is 75.5 Å². The zero-order valence-corrected chi connectivity index (χ0v) is 35.1. The van der Waals surface area contributed by atoms with Gasteiger partial charge >= 0.3 is 0 Å². The maximum Gasteiger partial charge on any atom is 0.271 e. The molecule has 0 bridgehead atoms. The first kappa shape index (κ1) is 41.1. The molecule has 3 aromatic rings. The SMILES string of the molecule is N#Cc1ccc(OC2CCC(NC(=O)c3cnc(N4C[C@H]5CC(CN6CC7CN(c8cc9c(cc8F)C(O)N(C8CCC(=O)NC8=O)C9O)CC7C6)C[C@H]5C4)cn3)CC2)cc1Cl. The third kappa shape index (κ3) is 7.87. The smallest absolute Gasteiger partial charge is 0.271 e. The lowest BCUT2D eigenvalue weighted by molar-refractivity contribution is -0.154. The van der Waals surface area contributed by atoms with Crippen molar-refractivity contribution in [1.29, 1.82) is 5.26 Å². The van der Waals surface area contributed by atoms with Crippen LogP contribution in [0, 0.1) is 46.7 Å². The van der Waals surface area contributed by atoms with Gasteiger partial charge in [-0.15, -0.1) is 0 Å². The topological polar surface area (TPSA) is 187 Å². The van der Waals surface area contributed by atoms with E-state index in [2.05, 4.69) is 41.4 Å². The summed E-state index contributed by atoms with van der Waals surface area (Å²) in [5, 5.41) is 37.1. The monoisotopic (exact) mass is 867 g/mol. The molecule has 6 unspecified atom stereocenters. The second-order valence-corrected chi connectivity index (χ2v) is 19.0. The number of carbonyl (C=O) groups is 3. The Morgan fingerprint density at radius 3 is 2.24 bits per heavy atom. The molecule has 4 N–H and O–H groups in total. The molecule has 6 heterocycles. The van der Waals surface area contributed by atoms with Crippen LogP contribution >= 0.6 is 11.6 Å². The highest BCUT2D eigenvalue weighted by atomic mass is 35.5. The van der Waals surface area contributed by atoms with Crippen LogP contribution in [0.25, 0.3) is 0 Å². The van der Waals surface area contributed by atoms with Crippen molar-refractivity contribution in [3.63, 3.8) is 0 Å². The summed E-state index contributed by atoms with van der Waals surface area (Å²) in [4.78, 5) is 54.7. The van der Waals surface area contributed by atoms with E-state index in [0.29, 0.717) is 76.0 Å². The Labute approximate surface area is 364 Å². The minimum atomic E-state index is -1.35. The maximum atomic E-state index is 15.7. The Bertz CT molecular complexity index is 2260. The van der Waals surface area contributed by atoms with Crippen molar-refractivity contribution >= 4 is 40.8 Å². The molecule has 10 rings (SSSR count). The fourth-order valence-electron chi connectivity index (χ4n) is 11.6. The quantitative estimate of drug-likeness (QED) is 0.227. The van der Waals surface area contributed by atoms with Crippen LogP contribution in [0.15, 0.2) is 42.7 Å². The number of aliphatic hydroxyl groups excluding tert-OH is 2. The number of benzene rings is 2. The van der Waals surface area contributed by atoms with E-state index in [1.165, 1.54) is 23.8 Å². The first-order valence-electron chi connectivity index (χ1n) is 22.0. The summed E-state index contributed by atoms with van der Waals surface area (Å²) in [5.74, 6) is 2.46. The number of aliphatic hydroxyl groups is 2. The van der Waals surface area contributed by atoms with E-state index < -0.39 is 30.2 Å². The number of nitrogens with one attached hydrogen (secondary N) is 2. The summed E-state index contributed by atoms with van der Waals surface area (Å²) in [6.45, 7) is 6.31. The van der Waals surface area contributed by atoms with Gasteiger partial charge in [-0.1, -0.05) is 11.6 Å². The van der Waals surface area contributed by atoms with Crippen LogP contribution in [0.1, 0.15) is 91.0 Å². The van der Waals surface area contributed by atoms with Crippen molar-refractivity contribution in [2.75, 3.05) is 55.6 Å². The molecule has 326 valence electrons. The van der Waals surface area contributed by atoms with E-state index in [4.69, 9.17) is 21.6 Å². The molecular weight excluding hydrogens is 817 g/mol. The lowest BCUT2D eigenvalue weighted by Crippen LogP contribution is -2.52. The molecule has 4 saturated heterocycles. The molecule has 6 fully saturated rings. The minimum Gasteiger partial charge on any atom is -0.490 e. The molecule has 8 atom stereocenters. The second-order valence-electron chi connectivity index (χ2n) is 18.6. The molecule has 1 aromatic heterocycles. The number of likely N-dealkylation sites (tertiary alicyclic amines) is 1. The standard InChI is InChI=1S/C45H51ClFN9O6/c46-35-11-32(4-1-25(35)14-48)62-31-5-2-30(3-6-31)51-42(58)37-15-50-40(16-49-37)55-20-26-9-24(10-27(26)21-55)17-53-18-28-22-54(23-29(28)19-53)39-13-34-33(12-36(39)47)44(60)56(45(34)61)38-7-8-41(57)52-43(38)59/h1,4,11-13,15-16,24,26-31,38,44-45,60-61H,2-3,5-10,17-23H2,(H,51,58)(H,52,57,59)/t24?,26-,27+,28?,29?,30?,31?,38?,44?,45?. The number of ether oxygens (including phenoxy) is 1. The molecule has 0 spiro atoms. The number of nitrogens with zero attached hydrogens (tertiary/aromatic N) is 7. The summed E-state index contributed by atoms with van der Waals surface area (Å²) in [6.07, 6.45) is 6.46. The van der Waals surface area contributed by atoms with Gasteiger partial charge in [-0.3, -0.25) is 19.7 Å². The number of piperidine rings is 1. The lowest BCUT2D eigenvalue weighted by atomic mass is 9.93. The van der Waals surface area contributed by atoms with E-state index >= 15 is 4.39 Å². The number of carbonyl (C=O) groups excluding carboxylic acids is 3. The predicted octanol–water partition coefficient (Wildman–Crippen LogP) is 3.89. The van der Waals surface area contributed by atoms with Gasteiger partial charge in [0.15, 0.2) is 0 Å². The Hall–Kier alpha value is -4.92. The zero-order valence-electron chi connectivity index (χ0n) is 34.3. The van der Waals surface area contributed by atoms with Crippen molar-refractivity contribution in [2.24, 2.45) is 29.6 Å². The maximum absolute atomic E-state index is 15.7. The van der Waals surface area contributed by atoms with Crippen molar-refractivity contribution in [2.45, 2.75) is 82.0 Å².